The predicted molar refractivity (Wildman–Crippen MR) is 136 cm³/mol. The molecule has 0 aliphatic heterocycles. The van der Waals surface area contributed by atoms with Crippen molar-refractivity contribution in [1.29, 1.82) is 0 Å². The molecular formula is C28H23FN6O. The molecule has 0 atom stereocenters. The first-order valence-corrected chi connectivity index (χ1v) is 11.4. The number of benzene rings is 2. The number of carbonyl (C=O) groups is 1. The summed E-state index contributed by atoms with van der Waals surface area (Å²) in [7, 11) is 0. The number of hydrogen-bond acceptors (Lipinski definition) is 4. The highest BCUT2D eigenvalue weighted by Gasteiger charge is 2.12. The Morgan fingerprint density at radius 1 is 1.08 bits per heavy atom. The lowest BCUT2D eigenvalue weighted by Crippen LogP contribution is -2.20. The Morgan fingerprint density at radius 3 is 2.67 bits per heavy atom. The van der Waals surface area contributed by atoms with Crippen molar-refractivity contribution < 1.29 is 9.18 Å². The van der Waals surface area contributed by atoms with Crippen molar-refractivity contribution in [2.45, 2.75) is 13.5 Å². The molecule has 2 aromatic carbocycles. The molecule has 7 nitrogen and oxygen atoms in total. The van der Waals surface area contributed by atoms with Crippen LogP contribution in [0.25, 0.3) is 28.7 Å². The standard InChI is InChI=1S/C28H23FN6O/c1-20-31-14-15-34(20)26-11-9-21(16-25(26)29)17-32-27(36)12-10-23-19-35(24-7-3-2-4-8-24)33-28(23)22-6-5-13-30-18-22/h2-16,18-19H,17H2,1H3,(H,32,36). The lowest BCUT2D eigenvalue weighted by molar-refractivity contribution is -0.116. The third-order valence-corrected chi connectivity index (χ3v) is 5.68. The largest absolute Gasteiger partial charge is 0.348 e. The zero-order chi connectivity index (χ0) is 24.9. The summed E-state index contributed by atoms with van der Waals surface area (Å²) in [5, 5.41) is 7.52. The van der Waals surface area contributed by atoms with Crippen LogP contribution in [0.5, 0.6) is 0 Å². The second-order valence-corrected chi connectivity index (χ2v) is 8.14. The third-order valence-electron chi connectivity index (χ3n) is 5.68. The van der Waals surface area contributed by atoms with Crippen LogP contribution in [0.1, 0.15) is 17.0 Å². The topological polar surface area (TPSA) is 77.6 Å². The van der Waals surface area contributed by atoms with E-state index in [4.69, 9.17) is 5.10 Å². The van der Waals surface area contributed by atoms with Gasteiger partial charge in [0.2, 0.25) is 5.91 Å². The quantitative estimate of drug-likeness (QED) is 0.338. The number of pyridine rings is 1. The molecule has 0 spiro atoms. The Labute approximate surface area is 207 Å². The molecule has 1 amide bonds. The van der Waals surface area contributed by atoms with Crippen molar-refractivity contribution in [3.8, 4) is 22.6 Å². The van der Waals surface area contributed by atoms with Gasteiger partial charge in [0.1, 0.15) is 17.3 Å². The van der Waals surface area contributed by atoms with Gasteiger partial charge in [-0.25, -0.2) is 14.1 Å². The Balaban J connectivity index is 1.31. The Kier molecular flexibility index (Phi) is 6.48. The molecule has 0 aliphatic rings. The summed E-state index contributed by atoms with van der Waals surface area (Å²) in [6.07, 6.45) is 11.8. The van der Waals surface area contributed by atoms with Crippen LogP contribution in [0.2, 0.25) is 0 Å². The molecule has 36 heavy (non-hydrogen) atoms. The summed E-state index contributed by atoms with van der Waals surface area (Å²) in [5.41, 5.74) is 4.30. The number of aromatic nitrogens is 5. The average molecular weight is 479 g/mol. The maximum atomic E-state index is 14.6. The number of imidazole rings is 1. The van der Waals surface area contributed by atoms with E-state index in [1.54, 1.807) is 52.2 Å². The van der Waals surface area contributed by atoms with E-state index in [-0.39, 0.29) is 18.3 Å². The van der Waals surface area contributed by atoms with Crippen molar-refractivity contribution in [1.82, 2.24) is 29.6 Å². The van der Waals surface area contributed by atoms with Gasteiger partial charge in [-0.15, -0.1) is 0 Å². The monoisotopic (exact) mass is 478 g/mol. The van der Waals surface area contributed by atoms with Crippen molar-refractivity contribution in [3.05, 3.63) is 120 Å². The van der Waals surface area contributed by atoms with E-state index in [0.717, 1.165) is 16.8 Å². The molecule has 1 N–H and O–H groups in total. The van der Waals surface area contributed by atoms with E-state index >= 15 is 0 Å². The van der Waals surface area contributed by atoms with Crippen LogP contribution in [0.15, 0.2) is 97.7 Å². The van der Waals surface area contributed by atoms with Gasteiger partial charge >= 0.3 is 0 Å². The van der Waals surface area contributed by atoms with Crippen molar-refractivity contribution >= 4 is 12.0 Å². The van der Waals surface area contributed by atoms with Crippen molar-refractivity contribution in [2.24, 2.45) is 0 Å². The SMILES string of the molecule is Cc1nccn1-c1ccc(CNC(=O)C=Cc2cn(-c3ccccc3)nc2-c2cccnc2)cc1F. The fourth-order valence-corrected chi connectivity index (χ4v) is 3.85. The number of carbonyl (C=O) groups excluding carboxylic acids is 1. The zero-order valence-corrected chi connectivity index (χ0v) is 19.5. The summed E-state index contributed by atoms with van der Waals surface area (Å²) in [6.45, 7) is 2.01. The van der Waals surface area contributed by atoms with Gasteiger partial charge in [-0.2, -0.15) is 5.10 Å². The first kappa shape index (κ1) is 22.9. The van der Waals surface area contributed by atoms with Crippen LogP contribution >= 0.6 is 0 Å². The zero-order valence-electron chi connectivity index (χ0n) is 19.5. The lowest BCUT2D eigenvalue weighted by Gasteiger charge is -2.09. The molecule has 5 rings (SSSR count). The van der Waals surface area contributed by atoms with E-state index in [1.165, 1.54) is 12.1 Å². The molecule has 3 aromatic heterocycles. The number of nitrogens with one attached hydrogen (secondary N) is 1. The van der Waals surface area contributed by atoms with Crippen LogP contribution in [0.3, 0.4) is 0 Å². The molecule has 3 heterocycles. The van der Waals surface area contributed by atoms with Gasteiger partial charge in [0, 0.05) is 54.7 Å². The minimum Gasteiger partial charge on any atom is -0.348 e. The summed E-state index contributed by atoms with van der Waals surface area (Å²) in [6, 6.07) is 18.4. The van der Waals surface area contributed by atoms with Crippen molar-refractivity contribution in [2.75, 3.05) is 0 Å². The summed E-state index contributed by atoms with van der Waals surface area (Å²) in [5.74, 6) is 0.0173. The van der Waals surface area contributed by atoms with Crippen LogP contribution < -0.4 is 5.32 Å². The highest BCUT2D eigenvalue weighted by Crippen LogP contribution is 2.24. The molecule has 0 aliphatic carbocycles. The Bertz CT molecular complexity index is 1520. The van der Waals surface area contributed by atoms with Gasteiger partial charge in [-0.1, -0.05) is 24.3 Å². The minimum atomic E-state index is -0.382. The van der Waals surface area contributed by atoms with E-state index in [0.29, 0.717) is 22.8 Å². The van der Waals surface area contributed by atoms with Gasteiger partial charge in [-0.3, -0.25) is 9.78 Å². The Hall–Kier alpha value is -4.85. The number of hydrogen-bond donors (Lipinski definition) is 1. The van der Waals surface area contributed by atoms with E-state index in [9.17, 15) is 9.18 Å². The maximum Gasteiger partial charge on any atom is 0.244 e. The molecule has 178 valence electrons. The first-order valence-electron chi connectivity index (χ1n) is 11.4. The molecule has 0 saturated carbocycles. The predicted octanol–water partition coefficient (Wildman–Crippen LogP) is 4.90. The molecule has 0 unspecified atom stereocenters. The second kappa shape index (κ2) is 10.2. The first-order chi connectivity index (χ1) is 17.6. The van der Waals surface area contributed by atoms with Gasteiger partial charge in [0.25, 0.3) is 0 Å². The van der Waals surface area contributed by atoms with Crippen LogP contribution in [-0.2, 0) is 11.3 Å². The molecule has 0 saturated heterocycles. The Morgan fingerprint density at radius 2 is 1.94 bits per heavy atom. The smallest absolute Gasteiger partial charge is 0.244 e. The number of nitrogens with zero attached hydrogens (tertiary/aromatic N) is 5. The highest BCUT2D eigenvalue weighted by molar-refractivity contribution is 5.92. The molecule has 0 bridgehead atoms. The molecule has 5 aromatic rings. The van der Waals surface area contributed by atoms with Gasteiger partial charge in [-0.05, 0) is 55.0 Å². The number of aryl methyl sites for hydroxylation is 1. The molecule has 8 heteroatoms. The van der Waals surface area contributed by atoms with Crippen LogP contribution in [0.4, 0.5) is 4.39 Å². The number of rotatable bonds is 7. The second-order valence-electron chi connectivity index (χ2n) is 8.14. The van der Waals surface area contributed by atoms with Gasteiger partial charge in [0.05, 0.1) is 11.4 Å². The van der Waals surface area contributed by atoms with E-state index in [1.807, 2.05) is 55.6 Å². The maximum absolute atomic E-state index is 14.6. The third kappa shape index (κ3) is 4.97. The molecule has 0 fully saturated rings. The van der Waals surface area contributed by atoms with Crippen LogP contribution in [0, 0.1) is 12.7 Å². The minimum absolute atomic E-state index is 0.196. The van der Waals surface area contributed by atoms with Gasteiger partial charge in [0.15, 0.2) is 0 Å². The summed E-state index contributed by atoms with van der Waals surface area (Å²) >= 11 is 0. The van der Waals surface area contributed by atoms with Gasteiger partial charge < -0.3 is 9.88 Å². The highest BCUT2D eigenvalue weighted by atomic mass is 19.1. The van der Waals surface area contributed by atoms with E-state index in [2.05, 4.69) is 15.3 Å². The molecular weight excluding hydrogens is 455 g/mol. The van der Waals surface area contributed by atoms with E-state index < -0.39 is 0 Å². The number of para-hydroxylation sites is 1. The fraction of sp³-hybridized carbons (Fsp3) is 0.0714. The number of halogens is 1. The van der Waals surface area contributed by atoms with Crippen molar-refractivity contribution in [3.63, 3.8) is 0 Å². The lowest BCUT2D eigenvalue weighted by atomic mass is 10.1. The average Bonchev–Trinajstić information content (AvgIpc) is 3.54. The summed E-state index contributed by atoms with van der Waals surface area (Å²) < 4.78 is 18.1. The fourth-order valence-electron chi connectivity index (χ4n) is 3.85. The summed E-state index contributed by atoms with van der Waals surface area (Å²) in [4.78, 5) is 20.9. The molecule has 0 radical (unpaired) electrons. The number of amides is 1. The van der Waals surface area contributed by atoms with Crippen LogP contribution in [-0.4, -0.2) is 30.2 Å². The normalized spacial score (nSPS) is 11.2.